The second kappa shape index (κ2) is 9.62. The zero-order valence-electron chi connectivity index (χ0n) is 19.4. The van der Waals surface area contributed by atoms with Crippen LogP contribution >= 0.6 is 0 Å². The van der Waals surface area contributed by atoms with E-state index in [-0.39, 0.29) is 0 Å². The molecule has 0 amide bonds. The lowest BCUT2D eigenvalue weighted by atomic mass is 9.86. The van der Waals surface area contributed by atoms with Crippen molar-refractivity contribution in [1.82, 2.24) is 0 Å². The fraction of sp³-hybridized carbons (Fsp3) is 0.200. The van der Waals surface area contributed by atoms with E-state index < -0.39 is 11.1 Å². The standard InChI is InChI=1S/C30H32N2O/c1-29(31,21-23-9-5-3-6-10-23)25-13-17-27(18-14-25)33-28-19-15-26(16-20-28)30(2,32)22-24-11-7-4-8-12-24/h3-20H,21-22,31-32H2,1-2H3. The van der Waals surface area contributed by atoms with E-state index in [4.69, 9.17) is 16.2 Å². The normalized spacial score (nSPS) is 14.8. The van der Waals surface area contributed by atoms with E-state index in [1.807, 2.05) is 84.9 Å². The molecule has 0 saturated heterocycles. The molecule has 33 heavy (non-hydrogen) atoms. The molecule has 0 bridgehead atoms. The van der Waals surface area contributed by atoms with Crippen molar-refractivity contribution in [3.63, 3.8) is 0 Å². The minimum absolute atomic E-state index is 0.453. The maximum Gasteiger partial charge on any atom is 0.127 e. The van der Waals surface area contributed by atoms with Crippen molar-refractivity contribution in [2.24, 2.45) is 11.5 Å². The van der Waals surface area contributed by atoms with E-state index in [1.165, 1.54) is 11.1 Å². The van der Waals surface area contributed by atoms with Crippen LogP contribution in [0.2, 0.25) is 0 Å². The lowest BCUT2D eigenvalue weighted by Crippen LogP contribution is -2.35. The van der Waals surface area contributed by atoms with Crippen LogP contribution in [0.25, 0.3) is 0 Å². The van der Waals surface area contributed by atoms with Gasteiger partial charge in [0, 0.05) is 11.1 Å². The number of ether oxygens (including phenoxy) is 1. The number of nitrogens with two attached hydrogens (primary N) is 2. The summed E-state index contributed by atoms with van der Waals surface area (Å²) in [6.45, 7) is 4.13. The smallest absolute Gasteiger partial charge is 0.127 e. The molecule has 0 aliphatic rings. The van der Waals surface area contributed by atoms with Crippen molar-refractivity contribution >= 4 is 0 Å². The predicted molar refractivity (Wildman–Crippen MR) is 136 cm³/mol. The molecule has 3 nitrogen and oxygen atoms in total. The first-order valence-corrected chi connectivity index (χ1v) is 11.4. The Morgan fingerprint density at radius 1 is 0.515 bits per heavy atom. The molecule has 4 aromatic carbocycles. The van der Waals surface area contributed by atoms with Gasteiger partial charge in [-0.2, -0.15) is 0 Å². The zero-order chi connectivity index (χ0) is 23.3. The Balaban J connectivity index is 1.41. The Hall–Kier alpha value is -3.40. The highest BCUT2D eigenvalue weighted by molar-refractivity contribution is 5.38. The topological polar surface area (TPSA) is 61.3 Å². The molecule has 2 unspecified atom stereocenters. The molecule has 0 radical (unpaired) electrons. The first-order valence-electron chi connectivity index (χ1n) is 11.4. The second-order valence-corrected chi connectivity index (χ2v) is 9.31. The molecule has 0 heterocycles. The van der Waals surface area contributed by atoms with E-state index >= 15 is 0 Å². The van der Waals surface area contributed by atoms with Crippen molar-refractivity contribution in [2.45, 2.75) is 37.8 Å². The molecule has 0 aliphatic carbocycles. The summed E-state index contributed by atoms with van der Waals surface area (Å²) in [5.74, 6) is 1.56. The van der Waals surface area contributed by atoms with Crippen molar-refractivity contribution < 1.29 is 4.74 Å². The van der Waals surface area contributed by atoms with Gasteiger partial charge in [-0.25, -0.2) is 0 Å². The third kappa shape index (κ3) is 5.89. The molecule has 0 aliphatic heterocycles. The monoisotopic (exact) mass is 436 g/mol. The van der Waals surface area contributed by atoms with Crippen LogP contribution in [0, 0.1) is 0 Å². The van der Waals surface area contributed by atoms with Crippen LogP contribution in [0.3, 0.4) is 0 Å². The first-order chi connectivity index (χ1) is 15.8. The quantitative estimate of drug-likeness (QED) is 0.340. The summed E-state index contributed by atoms with van der Waals surface area (Å²) in [7, 11) is 0. The van der Waals surface area contributed by atoms with Gasteiger partial charge in [0.05, 0.1) is 0 Å². The Labute approximate surface area is 197 Å². The predicted octanol–water partition coefficient (Wildman–Crippen LogP) is 6.31. The molecule has 0 saturated carbocycles. The van der Waals surface area contributed by atoms with Crippen LogP contribution in [-0.2, 0) is 23.9 Å². The summed E-state index contributed by atoms with van der Waals surface area (Å²) >= 11 is 0. The van der Waals surface area contributed by atoms with Crippen LogP contribution in [0.5, 0.6) is 11.5 Å². The lowest BCUT2D eigenvalue weighted by molar-refractivity contribution is 0.471. The van der Waals surface area contributed by atoms with E-state index in [1.54, 1.807) is 0 Å². The summed E-state index contributed by atoms with van der Waals surface area (Å²) in [6.07, 6.45) is 1.55. The first kappa shape index (κ1) is 22.8. The van der Waals surface area contributed by atoms with Crippen LogP contribution in [0.1, 0.15) is 36.1 Å². The molecular weight excluding hydrogens is 404 g/mol. The summed E-state index contributed by atoms with van der Waals surface area (Å²) in [6, 6.07) is 36.7. The van der Waals surface area contributed by atoms with Crippen molar-refractivity contribution in [2.75, 3.05) is 0 Å². The summed E-state index contributed by atoms with van der Waals surface area (Å²) in [5.41, 5.74) is 17.0. The molecule has 4 N–H and O–H groups in total. The van der Waals surface area contributed by atoms with Gasteiger partial charge in [0.1, 0.15) is 11.5 Å². The highest BCUT2D eigenvalue weighted by Crippen LogP contribution is 2.29. The van der Waals surface area contributed by atoms with Gasteiger partial charge in [-0.15, -0.1) is 0 Å². The fourth-order valence-corrected chi connectivity index (χ4v) is 4.19. The molecular formula is C30H32N2O. The minimum Gasteiger partial charge on any atom is -0.457 e. The van der Waals surface area contributed by atoms with Crippen LogP contribution in [0.4, 0.5) is 0 Å². The third-order valence-electron chi connectivity index (χ3n) is 6.09. The van der Waals surface area contributed by atoms with E-state index in [2.05, 4.69) is 38.1 Å². The highest BCUT2D eigenvalue weighted by atomic mass is 16.5. The number of rotatable bonds is 8. The summed E-state index contributed by atoms with van der Waals surface area (Å²) in [5, 5.41) is 0. The molecule has 0 spiro atoms. The van der Waals surface area contributed by atoms with Crippen molar-refractivity contribution in [1.29, 1.82) is 0 Å². The average molecular weight is 437 g/mol. The highest BCUT2D eigenvalue weighted by Gasteiger charge is 2.23. The Bertz CT molecular complexity index is 1050. The van der Waals surface area contributed by atoms with E-state index in [0.717, 1.165) is 35.5 Å². The van der Waals surface area contributed by atoms with Gasteiger partial charge in [-0.1, -0.05) is 84.9 Å². The van der Waals surface area contributed by atoms with Crippen LogP contribution in [-0.4, -0.2) is 0 Å². The molecule has 168 valence electrons. The Morgan fingerprint density at radius 3 is 1.18 bits per heavy atom. The van der Waals surface area contributed by atoms with Gasteiger partial charge in [0.15, 0.2) is 0 Å². The van der Waals surface area contributed by atoms with Crippen molar-refractivity contribution in [3.05, 3.63) is 131 Å². The van der Waals surface area contributed by atoms with Crippen LogP contribution < -0.4 is 16.2 Å². The molecule has 4 rings (SSSR count). The second-order valence-electron chi connectivity index (χ2n) is 9.31. The summed E-state index contributed by atoms with van der Waals surface area (Å²) in [4.78, 5) is 0. The van der Waals surface area contributed by atoms with Gasteiger partial charge in [0.25, 0.3) is 0 Å². The maximum absolute atomic E-state index is 6.63. The third-order valence-corrected chi connectivity index (χ3v) is 6.09. The summed E-state index contributed by atoms with van der Waals surface area (Å²) < 4.78 is 6.07. The number of hydrogen-bond acceptors (Lipinski definition) is 3. The van der Waals surface area contributed by atoms with E-state index in [0.29, 0.717) is 0 Å². The van der Waals surface area contributed by atoms with Gasteiger partial charge in [-0.05, 0) is 73.2 Å². The van der Waals surface area contributed by atoms with E-state index in [9.17, 15) is 0 Å². The van der Waals surface area contributed by atoms with Crippen LogP contribution in [0.15, 0.2) is 109 Å². The van der Waals surface area contributed by atoms with Crippen molar-refractivity contribution in [3.8, 4) is 11.5 Å². The lowest BCUT2D eigenvalue weighted by Gasteiger charge is -2.26. The molecule has 4 aromatic rings. The van der Waals surface area contributed by atoms with Gasteiger partial charge < -0.3 is 16.2 Å². The van der Waals surface area contributed by atoms with Gasteiger partial charge >= 0.3 is 0 Å². The fourth-order valence-electron chi connectivity index (χ4n) is 4.19. The largest absolute Gasteiger partial charge is 0.457 e. The minimum atomic E-state index is -0.453. The average Bonchev–Trinajstić information content (AvgIpc) is 2.81. The maximum atomic E-state index is 6.63. The SMILES string of the molecule is CC(N)(Cc1ccccc1)c1ccc(Oc2ccc(C(C)(N)Cc3ccccc3)cc2)cc1. The Morgan fingerprint density at radius 2 is 0.848 bits per heavy atom. The molecule has 0 fully saturated rings. The molecule has 0 aromatic heterocycles. The molecule has 2 atom stereocenters. The van der Waals surface area contributed by atoms with Gasteiger partial charge in [0.2, 0.25) is 0 Å². The number of benzene rings is 4. The zero-order valence-corrected chi connectivity index (χ0v) is 19.4. The molecule has 3 heteroatoms. The number of hydrogen-bond donors (Lipinski definition) is 2. The Kier molecular flexibility index (Phi) is 6.64. The van der Waals surface area contributed by atoms with Gasteiger partial charge in [-0.3, -0.25) is 0 Å².